The highest BCUT2D eigenvalue weighted by molar-refractivity contribution is 5.50. The van der Waals surface area contributed by atoms with Crippen molar-refractivity contribution >= 4 is 11.5 Å². The van der Waals surface area contributed by atoms with Crippen LogP contribution >= 0.6 is 0 Å². The molecule has 3 rings (SSSR count). The Morgan fingerprint density at radius 3 is 2.81 bits per heavy atom. The predicted molar refractivity (Wildman–Crippen MR) is 80.5 cm³/mol. The molecule has 114 valence electrons. The minimum absolute atomic E-state index is 0.261. The first-order valence-corrected chi connectivity index (χ1v) is 7.34. The van der Waals surface area contributed by atoms with Gasteiger partial charge in [0, 0.05) is 44.8 Å². The third-order valence-corrected chi connectivity index (χ3v) is 4.19. The summed E-state index contributed by atoms with van der Waals surface area (Å²) >= 11 is 0. The van der Waals surface area contributed by atoms with Crippen LogP contribution in [0, 0.1) is 0 Å². The number of hydrogen-bond acceptors (Lipinski definition) is 6. The number of H-pyrrole nitrogens is 1. The average molecular weight is 291 g/mol. The summed E-state index contributed by atoms with van der Waals surface area (Å²) in [6.07, 6.45) is 2.61. The van der Waals surface area contributed by atoms with Crippen LogP contribution in [0.25, 0.3) is 5.65 Å². The molecular weight excluding hydrogens is 270 g/mol. The topological polar surface area (TPSA) is 95.5 Å². The molecule has 0 bridgehead atoms. The molecule has 0 aromatic carbocycles. The maximum absolute atomic E-state index is 11.4. The van der Waals surface area contributed by atoms with Gasteiger partial charge in [-0.3, -0.25) is 4.90 Å². The molecule has 2 aromatic heterocycles. The van der Waals surface area contributed by atoms with E-state index < -0.39 is 0 Å². The lowest BCUT2D eigenvalue weighted by Crippen LogP contribution is -2.52. The molecule has 0 aliphatic carbocycles. The first-order valence-electron chi connectivity index (χ1n) is 7.34. The predicted octanol–water partition coefficient (Wildman–Crippen LogP) is -0.723. The molecule has 0 spiro atoms. The number of piperazine rings is 1. The van der Waals surface area contributed by atoms with Crippen LogP contribution in [0.2, 0.25) is 0 Å². The van der Waals surface area contributed by atoms with Crippen molar-refractivity contribution < 1.29 is 0 Å². The summed E-state index contributed by atoms with van der Waals surface area (Å²) < 4.78 is 1.40. The number of aromatic nitrogens is 4. The Balaban J connectivity index is 1.72. The van der Waals surface area contributed by atoms with Crippen LogP contribution in [-0.2, 0) is 0 Å². The van der Waals surface area contributed by atoms with Gasteiger partial charge in [0.1, 0.15) is 12.1 Å². The van der Waals surface area contributed by atoms with Crippen LogP contribution in [0.4, 0.5) is 5.82 Å². The van der Waals surface area contributed by atoms with Crippen molar-refractivity contribution in [3.63, 3.8) is 0 Å². The van der Waals surface area contributed by atoms with Crippen LogP contribution in [0.5, 0.6) is 0 Å². The largest absolute Gasteiger partial charge is 0.354 e. The van der Waals surface area contributed by atoms with Crippen molar-refractivity contribution in [3.05, 3.63) is 22.9 Å². The van der Waals surface area contributed by atoms with E-state index in [9.17, 15) is 4.79 Å². The molecule has 1 atom stereocenters. The molecule has 8 nitrogen and oxygen atoms in total. The van der Waals surface area contributed by atoms with Crippen LogP contribution in [-0.4, -0.2) is 63.2 Å². The molecule has 8 heteroatoms. The molecule has 0 radical (unpaired) electrons. The van der Waals surface area contributed by atoms with Crippen molar-refractivity contribution in [1.82, 2.24) is 24.5 Å². The number of nitrogens with zero attached hydrogens (tertiary/aromatic N) is 5. The van der Waals surface area contributed by atoms with E-state index >= 15 is 0 Å². The van der Waals surface area contributed by atoms with Gasteiger partial charge in [0.05, 0.1) is 0 Å². The van der Waals surface area contributed by atoms with E-state index in [0.29, 0.717) is 18.2 Å². The smallest absolute Gasteiger partial charge is 0.348 e. The summed E-state index contributed by atoms with van der Waals surface area (Å²) in [5.74, 6) is 0.863. The van der Waals surface area contributed by atoms with E-state index in [1.807, 2.05) is 6.07 Å². The van der Waals surface area contributed by atoms with Gasteiger partial charge < -0.3 is 10.6 Å². The van der Waals surface area contributed by atoms with E-state index in [1.165, 1.54) is 10.7 Å². The molecule has 0 amide bonds. The van der Waals surface area contributed by atoms with Crippen LogP contribution in [0.3, 0.4) is 0 Å². The minimum atomic E-state index is -0.261. The average Bonchev–Trinajstić information content (AvgIpc) is 2.90. The molecule has 1 fully saturated rings. The second kappa shape index (κ2) is 5.82. The molecule has 1 aliphatic rings. The standard InChI is InChI=1S/C13H21N7O/c1-2-10(8-14)18-3-5-19(6-4-18)11-7-12-16-17-13(21)20(12)9-15-11/h7,9-10H,2-6,8,14H2,1H3,(H,17,21). The molecule has 2 aromatic rings. The van der Waals surface area contributed by atoms with Gasteiger partial charge >= 0.3 is 5.69 Å². The summed E-state index contributed by atoms with van der Waals surface area (Å²) in [4.78, 5) is 20.4. The fourth-order valence-electron chi connectivity index (χ4n) is 2.86. The third-order valence-electron chi connectivity index (χ3n) is 4.19. The number of fused-ring (bicyclic) bond motifs is 1. The fourth-order valence-corrected chi connectivity index (χ4v) is 2.86. The van der Waals surface area contributed by atoms with Gasteiger partial charge in [-0.2, -0.15) is 5.10 Å². The van der Waals surface area contributed by atoms with Crippen molar-refractivity contribution in [2.24, 2.45) is 5.73 Å². The zero-order valence-electron chi connectivity index (χ0n) is 12.2. The number of aromatic amines is 1. The maximum atomic E-state index is 11.4. The van der Waals surface area contributed by atoms with Gasteiger partial charge in [0.25, 0.3) is 0 Å². The van der Waals surface area contributed by atoms with Crippen molar-refractivity contribution in [2.75, 3.05) is 37.6 Å². The van der Waals surface area contributed by atoms with Crippen molar-refractivity contribution in [1.29, 1.82) is 0 Å². The Hall–Kier alpha value is -1.93. The normalized spacial score (nSPS) is 18.3. The van der Waals surface area contributed by atoms with Gasteiger partial charge in [0.15, 0.2) is 5.65 Å². The fraction of sp³-hybridized carbons (Fsp3) is 0.615. The summed E-state index contributed by atoms with van der Waals surface area (Å²) in [7, 11) is 0. The molecule has 3 N–H and O–H groups in total. The highest BCUT2D eigenvalue weighted by atomic mass is 16.1. The minimum Gasteiger partial charge on any atom is -0.354 e. The molecule has 21 heavy (non-hydrogen) atoms. The second-order valence-electron chi connectivity index (χ2n) is 5.32. The third kappa shape index (κ3) is 2.64. The van der Waals surface area contributed by atoms with Gasteiger partial charge in [-0.05, 0) is 6.42 Å². The SMILES string of the molecule is CCC(CN)N1CCN(c2cc3n[nH]c(=O)n3cn2)CC1. The number of nitrogens with one attached hydrogen (secondary N) is 1. The summed E-state index contributed by atoms with van der Waals surface area (Å²) in [6, 6.07) is 2.31. The van der Waals surface area contributed by atoms with Gasteiger partial charge in [-0.1, -0.05) is 6.92 Å². The summed E-state index contributed by atoms with van der Waals surface area (Å²) in [6.45, 7) is 6.67. The molecule has 3 heterocycles. The van der Waals surface area contributed by atoms with E-state index in [2.05, 4.69) is 31.9 Å². The van der Waals surface area contributed by atoms with E-state index in [-0.39, 0.29) is 5.69 Å². The lowest BCUT2D eigenvalue weighted by molar-refractivity contribution is 0.184. The second-order valence-corrected chi connectivity index (χ2v) is 5.32. The first-order chi connectivity index (χ1) is 10.2. The molecule has 1 saturated heterocycles. The van der Waals surface area contributed by atoms with Crippen LogP contribution in [0.15, 0.2) is 17.2 Å². The number of nitrogens with two attached hydrogens (primary N) is 1. The summed E-state index contributed by atoms with van der Waals surface area (Å²) in [5.41, 5.74) is 6.15. The Bertz CT molecular complexity index is 652. The molecule has 1 unspecified atom stereocenters. The van der Waals surface area contributed by atoms with E-state index in [4.69, 9.17) is 5.73 Å². The lowest BCUT2D eigenvalue weighted by Gasteiger charge is -2.39. The Morgan fingerprint density at radius 2 is 2.14 bits per heavy atom. The Kier molecular flexibility index (Phi) is 3.89. The van der Waals surface area contributed by atoms with Crippen LogP contribution in [0.1, 0.15) is 13.3 Å². The van der Waals surface area contributed by atoms with Gasteiger partial charge in [0.2, 0.25) is 0 Å². The van der Waals surface area contributed by atoms with E-state index in [0.717, 1.165) is 38.4 Å². The Labute approximate surface area is 122 Å². The number of hydrogen-bond donors (Lipinski definition) is 2. The Morgan fingerprint density at radius 1 is 1.38 bits per heavy atom. The zero-order chi connectivity index (χ0) is 14.8. The quantitative estimate of drug-likeness (QED) is 0.771. The number of anilines is 1. The molecular formula is C13H21N7O. The highest BCUT2D eigenvalue weighted by Gasteiger charge is 2.22. The first kappa shape index (κ1) is 14.0. The van der Waals surface area contributed by atoms with Gasteiger partial charge in [-0.15, -0.1) is 0 Å². The lowest BCUT2D eigenvalue weighted by atomic mass is 10.1. The van der Waals surface area contributed by atoms with Gasteiger partial charge in [-0.25, -0.2) is 19.3 Å². The maximum Gasteiger partial charge on any atom is 0.348 e. The highest BCUT2D eigenvalue weighted by Crippen LogP contribution is 2.16. The molecule has 1 aliphatic heterocycles. The van der Waals surface area contributed by atoms with E-state index in [1.54, 1.807) is 0 Å². The van der Waals surface area contributed by atoms with Crippen molar-refractivity contribution in [3.8, 4) is 0 Å². The zero-order valence-corrected chi connectivity index (χ0v) is 12.2. The molecule has 0 saturated carbocycles. The monoisotopic (exact) mass is 291 g/mol. The number of rotatable bonds is 4. The summed E-state index contributed by atoms with van der Waals surface area (Å²) in [5, 5.41) is 6.40. The van der Waals surface area contributed by atoms with Crippen molar-refractivity contribution in [2.45, 2.75) is 19.4 Å². The van der Waals surface area contributed by atoms with Crippen LogP contribution < -0.4 is 16.3 Å².